The molecule has 1 amide bonds. The number of carbonyl (C=O) groups excluding carboxylic acids is 1. The predicted molar refractivity (Wildman–Crippen MR) is 85.6 cm³/mol. The molecule has 2 aromatic carbocycles. The van der Waals surface area contributed by atoms with Gasteiger partial charge >= 0.3 is 0 Å². The van der Waals surface area contributed by atoms with Crippen LogP contribution in [-0.4, -0.2) is 23.9 Å². The highest BCUT2D eigenvalue weighted by Gasteiger charge is 2.15. The van der Waals surface area contributed by atoms with E-state index in [9.17, 15) is 9.18 Å². The maximum atomic E-state index is 13.7. The number of amides is 1. The Morgan fingerprint density at radius 3 is 2.41 bits per heavy atom. The Morgan fingerprint density at radius 1 is 1.05 bits per heavy atom. The number of halogens is 1. The van der Waals surface area contributed by atoms with Crippen LogP contribution in [-0.2, 0) is 17.8 Å². The SMILES string of the molecule is NCCCN(Cc1ccccc1)C(=O)Cc1ccccc1F. The second-order valence-corrected chi connectivity index (χ2v) is 5.21. The number of nitrogens with zero attached hydrogens (tertiary/aromatic N) is 1. The second-order valence-electron chi connectivity index (χ2n) is 5.21. The highest BCUT2D eigenvalue weighted by atomic mass is 19.1. The van der Waals surface area contributed by atoms with Crippen molar-refractivity contribution >= 4 is 5.91 Å². The Morgan fingerprint density at radius 2 is 1.73 bits per heavy atom. The zero-order valence-electron chi connectivity index (χ0n) is 12.5. The first-order valence-electron chi connectivity index (χ1n) is 7.46. The van der Waals surface area contributed by atoms with Crippen molar-refractivity contribution in [3.8, 4) is 0 Å². The molecule has 3 nitrogen and oxygen atoms in total. The fraction of sp³-hybridized carbons (Fsp3) is 0.278. The van der Waals surface area contributed by atoms with Gasteiger partial charge < -0.3 is 10.6 Å². The Kier molecular flexibility index (Phi) is 6.10. The molecule has 2 N–H and O–H groups in total. The maximum Gasteiger partial charge on any atom is 0.227 e. The molecule has 2 rings (SSSR count). The maximum absolute atomic E-state index is 13.7. The summed E-state index contributed by atoms with van der Waals surface area (Å²) in [7, 11) is 0. The van der Waals surface area contributed by atoms with E-state index in [1.54, 1.807) is 23.1 Å². The fourth-order valence-corrected chi connectivity index (χ4v) is 2.29. The molecule has 0 fully saturated rings. The van der Waals surface area contributed by atoms with Crippen LogP contribution in [0.4, 0.5) is 4.39 Å². The lowest BCUT2D eigenvalue weighted by Gasteiger charge is -2.23. The van der Waals surface area contributed by atoms with E-state index >= 15 is 0 Å². The van der Waals surface area contributed by atoms with Crippen LogP contribution < -0.4 is 5.73 Å². The van der Waals surface area contributed by atoms with E-state index in [2.05, 4.69) is 0 Å². The van der Waals surface area contributed by atoms with E-state index in [0.717, 1.165) is 12.0 Å². The molecule has 0 saturated heterocycles. The largest absolute Gasteiger partial charge is 0.338 e. The average molecular weight is 300 g/mol. The van der Waals surface area contributed by atoms with Crippen molar-refractivity contribution in [2.45, 2.75) is 19.4 Å². The van der Waals surface area contributed by atoms with E-state index in [1.165, 1.54) is 6.07 Å². The van der Waals surface area contributed by atoms with E-state index in [-0.39, 0.29) is 18.1 Å². The van der Waals surface area contributed by atoms with E-state index in [0.29, 0.717) is 25.2 Å². The third-order valence-corrected chi connectivity index (χ3v) is 3.50. The molecular weight excluding hydrogens is 279 g/mol. The molecule has 0 aliphatic rings. The zero-order valence-corrected chi connectivity index (χ0v) is 12.5. The van der Waals surface area contributed by atoms with Gasteiger partial charge in [-0.15, -0.1) is 0 Å². The van der Waals surface area contributed by atoms with Gasteiger partial charge in [-0.2, -0.15) is 0 Å². The fourth-order valence-electron chi connectivity index (χ4n) is 2.29. The monoisotopic (exact) mass is 300 g/mol. The molecule has 0 bridgehead atoms. The standard InChI is InChI=1S/C18H21FN2O/c19-17-10-5-4-9-16(17)13-18(22)21(12-6-11-20)14-15-7-2-1-3-8-15/h1-5,7-10H,6,11-14,20H2. The minimum absolute atomic E-state index is 0.0735. The summed E-state index contributed by atoms with van der Waals surface area (Å²) in [5, 5.41) is 0. The quantitative estimate of drug-likeness (QED) is 0.854. The van der Waals surface area contributed by atoms with Gasteiger partial charge in [0.25, 0.3) is 0 Å². The van der Waals surface area contributed by atoms with Gasteiger partial charge in [-0.05, 0) is 30.2 Å². The molecule has 22 heavy (non-hydrogen) atoms. The predicted octanol–water partition coefficient (Wildman–Crippen LogP) is 2.75. The van der Waals surface area contributed by atoms with Crippen LogP contribution in [0.25, 0.3) is 0 Å². The molecule has 116 valence electrons. The van der Waals surface area contributed by atoms with E-state index in [4.69, 9.17) is 5.73 Å². The van der Waals surface area contributed by atoms with Gasteiger partial charge in [0.05, 0.1) is 6.42 Å². The van der Waals surface area contributed by atoms with Crippen LogP contribution in [0.15, 0.2) is 54.6 Å². The summed E-state index contributed by atoms with van der Waals surface area (Å²) in [5.74, 6) is -0.420. The first kappa shape index (κ1) is 16.2. The summed E-state index contributed by atoms with van der Waals surface area (Å²) in [6, 6.07) is 16.2. The molecule has 2 aromatic rings. The summed E-state index contributed by atoms with van der Waals surface area (Å²) < 4.78 is 13.7. The minimum atomic E-state index is -0.339. The molecule has 0 unspecified atom stereocenters. The molecule has 0 saturated carbocycles. The molecular formula is C18H21FN2O. The lowest BCUT2D eigenvalue weighted by Crippen LogP contribution is -2.33. The van der Waals surface area contributed by atoms with Gasteiger partial charge in [0.1, 0.15) is 5.82 Å². The van der Waals surface area contributed by atoms with Gasteiger partial charge in [-0.3, -0.25) is 4.79 Å². The molecule has 4 heteroatoms. The normalized spacial score (nSPS) is 10.5. The third kappa shape index (κ3) is 4.67. The Hall–Kier alpha value is -2.20. The van der Waals surface area contributed by atoms with E-state index < -0.39 is 0 Å². The summed E-state index contributed by atoms with van der Waals surface area (Å²) in [5.41, 5.74) is 7.03. The van der Waals surface area contributed by atoms with Gasteiger partial charge in [0, 0.05) is 13.1 Å². The highest BCUT2D eigenvalue weighted by Crippen LogP contribution is 2.11. The highest BCUT2D eigenvalue weighted by molar-refractivity contribution is 5.78. The number of hydrogen-bond donors (Lipinski definition) is 1. The molecule has 0 spiro atoms. The van der Waals surface area contributed by atoms with Crippen molar-refractivity contribution in [1.29, 1.82) is 0 Å². The lowest BCUT2D eigenvalue weighted by atomic mass is 10.1. The van der Waals surface area contributed by atoms with Crippen LogP contribution >= 0.6 is 0 Å². The molecule has 0 aliphatic heterocycles. The zero-order chi connectivity index (χ0) is 15.8. The summed E-state index contributed by atoms with van der Waals surface area (Å²) >= 11 is 0. The van der Waals surface area contributed by atoms with Crippen LogP contribution in [0.1, 0.15) is 17.5 Å². The smallest absolute Gasteiger partial charge is 0.227 e. The van der Waals surface area contributed by atoms with Crippen LogP contribution in [0, 0.1) is 5.82 Å². The first-order valence-corrected chi connectivity index (χ1v) is 7.46. The van der Waals surface area contributed by atoms with E-state index in [1.807, 2.05) is 30.3 Å². The Bertz CT molecular complexity index is 601. The molecule has 0 atom stereocenters. The van der Waals surface area contributed by atoms with Crippen molar-refractivity contribution in [3.05, 3.63) is 71.5 Å². The van der Waals surface area contributed by atoms with Crippen molar-refractivity contribution in [2.24, 2.45) is 5.73 Å². The van der Waals surface area contributed by atoms with Crippen molar-refractivity contribution in [2.75, 3.05) is 13.1 Å². The molecule has 0 aliphatic carbocycles. The van der Waals surface area contributed by atoms with Crippen LogP contribution in [0.5, 0.6) is 0 Å². The number of benzene rings is 2. The number of nitrogens with two attached hydrogens (primary N) is 1. The van der Waals surface area contributed by atoms with Gasteiger partial charge in [-0.25, -0.2) is 4.39 Å². The third-order valence-electron chi connectivity index (χ3n) is 3.50. The van der Waals surface area contributed by atoms with Crippen LogP contribution in [0.2, 0.25) is 0 Å². The summed E-state index contributed by atoms with van der Waals surface area (Å²) in [6.07, 6.45) is 0.805. The van der Waals surface area contributed by atoms with Crippen molar-refractivity contribution in [1.82, 2.24) is 4.90 Å². The van der Waals surface area contributed by atoms with Crippen molar-refractivity contribution < 1.29 is 9.18 Å². The topological polar surface area (TPSA) is 46.3 Å². The average Bonchev–Trinajstić information content (AvgIpc) is 2.54. The minimum Gasteiger partial charge on any atom is -0.338 e. The molecule has 0 heterocycles. The molecule has 0 aromatic heterocycles. The van der Waals surface area contributed by atoms with Gasteiger partial charge in [-0.1, -0.05) is 48.5 Å². The Balaban J connectivity index is 2.07. The van der Waals surface area contributed by atoms with Crippen LogP contribution in [0.3, 0.4) is 0 Å². The Labute approximate surface area is 130 Å². The van der Waals surface area contributed by atoms with Crippen molar-refractivity contribution in [3.63, 3.8) is 0 Å². The van der Waals surface area contributed by atoms with Gasteiger partial charge in [0.15, 0.2) is 0 Å². The number of rotatable bonds is 7. The van der Waals surface area contributed by atoms with Gasteiger partial charge in [0.2, 0.25) is 5.91 Å². The first-order chi connectivity index (χ1) is 10.7. The second kappa shape index (κ2) is 8.29. The number of carbonyl (C=O) groups is 1. The summed E-state index contributed by atoms with van der Waals surface area (Å²) in [6.45, 7) is 1.63. The number of hydrogen-bond acceptors (Lipinski definition) is 2. The summed E-state index contributed by atoms with van der Waals surface area (Å²) in [4.78, 5) is 14.2. The molecule has 0 radical (unpaired) electrons. The lowest BCUT2D eigenvalue weighted by molar-refractivity contribution is -0.131.